The van der Waals surface area contributed by atoms with Gasteiger partial charge in [-0.05, 0) is 20.3 Å². The van der Waals surface area contributed by atoms with E-state index in [1.165, 1.54) is 18.7 Å². The first-order valence-corrected chi connectivity index (χ1v) is 12.1. The third-order valence-electron chi connectivity index (χ3n) is 5.76. The summed E-state index contributed by atoms with van der Waals surface area (Å²) in [6.07, 6.45) is 5.13. The Hall–Kier alpha value is -2.57. The summed E-state index contributed by atoms with van der Waals surface area (Å²) < 4.78 is 41.3. The number of anilines is 1. The molecule has 1 N–H and O–H groups in total. The summed E-state index contributed by atoms with van der Waals surface area (Å²) in [7, 11) is -3.87. The second kappa shape index (κ2) is 9.12. The zero-order chi connectivity index (χ0) is 22.9. The lowest BCUT2D eigenvalue weighted by Crippen LogP contribution is -2.32. The van der Waals surface area contributed by atoms with Crippen LogP contribution >= 0.6 is 11.6 Å². The van der Waals surface area contributed by atoms with Gasteiger partial charge in [-0.2, -0.15) is 0 Å². The van der Waals surface area contributed by atoms with Crippen LogP contribution in [-0.2, 0) is 14.8 Å². The summed E-state index contributed by atoms with van der Waals surface area (Å²) in [4.78, 5) is 8.31. The number of aromatic nitrogens is 6. The van der Waals surface area contributed by atoms with E-state index in [2.05, 4.69) is 30.0 Å². The Labute approximate surface area is 190 Å². The van der Waals surface area contributed by atoms with Gasteiger partial charge in [-0.3, -0.25) is 9.29 Å². The Bertz CT molecular complexity index is 1150. The van der Waals surface area contributed by atoms with Gasteiger partial charge in [0, 0.05) is 36.9 Å². The molecular formula is C19H24ClN7O4S. The van der Waals surface area contributed by atoms with Crippen molar-refractivity contribution < 1.29 is 17.7 Å². The Balaban J connectivity index is 1.64. The molecule has 4 heterocycles. The second-order valence-electron chi connectivity index (χ2n) is 7.81. The molecule has 4 atom stereocenters. The first-order chi connectivity index (χ1) is 15.3. The van der Waals surface area contributed by atoms with Crippen LogP contribution in [0.4, 0.5) is 5.95 Å². The number of halogens is 1. The molecule has 3 unspecified atom stereocenters. The number of nitrogens with zero attached hydrogens (tertiary/aromatic N) is 6. The monoisotopic (exact) mass is 481 g/mol. The molecule has 0 saturated carbocycles. The number of sulfonamides is 1. The summed E-state index contributed by atoms with van der Waals surface area (Å²) >= 11 is 5.84. The van der Waals surface area contributed by atoms with E-state index in [9.17, 15) is 8.42 Å². The normalized spacial score (nSPS) is 19.6. The molecule has 0 aromatic carbocycles. The molecule has 1 fully saturated rings. The van der Waals surface area contributed by atoms with Crippen LogP contribution in [0.15, 0.2) is 29.2 Å². The maximum Gasteiger partial charge on any atom is 0.238 e. The van der Waals surface area contributed by atoms with Crippen molar-refractivity contribution in [2.45, 2.75) is 50.3 Å². The van der Waals surface area contributed by atoms with Crippen molar-refractivity contribution in [2.75, 3.05) is 17.9 Å². The lowest BCUT2D eigenvalue weighted by atomic mass is 10.1. The van der Waals surface area contributed by atoms with E-state index in [1.807, 2.05) is 6.92 Å². The van der Waals surface area contributed by atoms with Gasteiger partial charge in [-0.15, -0.1) is 10.2 Å². The van der Waals surface area contributed by atoms with E-state index >= 15 is 0 Å². The highest BCUT2D eigenvalue weighted by atomic mass is 35.5. The van der Waals surface area contributed by atoms with Crippen molar-refractivity contribution in [3.05, 3.63) is 47.1 Å². The molecule has 0 radical (unpaired) electrons. The van der Waals surface area contributed by atoms with Crippen molar-refractivity contribution in [1.29, 1.82) is 0 Å². The van der Waals surface area contributed by atoms with E-state index in [-0.39, 0.29) is 17.9 Å². The lowest BCUT2D eigenvalue weighted by molar-refractivity contribution is 0.192. The van der Waals surface area contributed by atoms with Crippen LogP contribution < -0.4 is 4.72 Å². The Morgan fingerprint density at radius 3 is 2.59 bits per heavy atom. The summed E-state index contributed by atoms with van der Waals surface area (Å²) in [6.45, 7) is 6.34. The molecule has 0 amide bonds. The van der Waals surface area contributed by atoms with E-state index < -0.39 is 21.2 Å². The van der Waals surface area contributed by atoms with Gasteiger partial charge in [0.1, 0.15) is 23.6 Å². The molecule has 0 spiro atoms. The Morgan fingerprint density at radius 1 is 1.22 bits per heavy atom. The molecule has 11 nitrogen and oxygen atoms in total. The second-order valence-corrected chi connectivity index (χ2v) is 10.3. The van der Waals surface area contributed by atoms with E-state index in [4.69, 9.17) is 20.9 Å². The highest BCUT2D eigenvalue weighted by Gasteiger charge is 2.34. The van der Waals surface area contributed by atoms with Gasteiger partial charge in [-0.25, -0.2) is 18.4 Å². The van der Waals surface area contributed by atoms with Gasteiger partial charge >= 0.3 is 0 Å². The van der Waals surface area contributed by atoms with Crippen molar-refractivity contribution in [3.63, 3.8) is 0 Å². The van der Waals surface area contributed by atoms with Gasteiger partial charge in [0.15, 0.2) is 0 Å². The molecule has 1 aliphatic rings. The molecule has 32 heavy (non-hydrogen) atoms. The third kappa shape index (κ3) is 4.48. The van der Waals surface area contributed by atoms with Gasteiger partial charge in [0.25, 0.3) is 0 Å². The number of rotatable bonds is 8. The molecular weight excluding hydrogens is 458 g/mol. The quantitative estimate of drug-likeness (QED) is 0.514. The van der Waals surface area contributed by atoms with E-state index in [0.29, 0.717) is 35.6 Å². The summed E-state index contributed by atoms with van der Waals surface area (Å²) in [6, 6.07) is 1.37. The highest BCUT2D eigenvalue weighted by molar-refractivity contribution is 7.93. The highest BCUT2D eigenvalue weighted by Crippen LogP contribution is 2.32. The van der Waals surface area contributed by atoms with Crippen LogP contribution in [0.5, 0.6) is 0 Å². The van der Waals surface area contributed by atoms with Crippen molar-refractivity contribution in [2.24, 2.45) is 0 Å². The average molecular weight is 482 g/mol. The zero-order valence-corrected chi connectivity index (χ0v) is 19.4. The van der Waals surface area contributed by atoms with Crippen LogP contribution in [0.3, 0.4) is 0 Å². The van der Waals surface area contributed by atoms with E-state index in [1.54, 1.807) is 24.5 Å². The fourth-order valence-electron chi connectivity index (χ4n) is 3.60. The lowest BCUT2D eigenvalue weighted by Gasteiger charge is -2.22. The topological polar surface area (TPSA) is 138 Å². The predicted octanol–water partition coefficient (Wildman–Crippen LogP) is 2.76. The minimum atomic E-state index is -3.87. The smallest absolute Gasteiger partial charge is 0.238 e. The van der Waals surface area contributed by atoms with E-state index in [0.717, 1.165) is 6.42 Å². The summed E-state index contributed by atoms with van der Waals surface area (Å²) in [5.74, 6) is 0.648. The van der Waals surface area contributed by atoms with Crippen LogP contribution in [0.1, 0.15) is 62.4 Å². The molecule has 0 aliphatic carbocycles. The molecule has 3 aromatic heterocycles. The van der Waals surface area contributed by atoms with Crippen molar-refractivity contribution >= 4 is 27.6 Å². The molecule has 4 rings (SSSR count). The van der Waals surface area contributed by atoms with Crippen LogP contribution in [0.25, 0.3) is 0 Å². The molecule has 172 valence electrons. The Morgan fingerprint density at radius 2 is 1.97 bits per heavy atom. The number of hydrogen-bond donors (Lipinski definition) is 1. The van der Waals surface area contributed by atoms with Crippen molar-refractivity contribution in [1.82, 2.24) is 29.9 Å². The minimum absolute atomic E-state index is 0.00826. The Kier molecular flexibility index (Phi) is 6.45. The molecule has 13 heteroatoms. The van der Waals surface area contributed by atoms with Gasteiger partial charge in [0.05, 0.1) is 22.9 Å². The third-order valence-corrected chi connectivity index (χ3v) is 7.81. The fraction of sp³-hybridized carbons (Fsp3) is 0.526. The maximum absolute atomic E-state index is 13.2. The summed E-state index contributed by atoms with van der Waals surface area (Å²) in [5.41, 5.74) is 0.626. The largest absolute Gasteiger partial charge is 0.381 e. The van der Waals surface area contributed by atoms with Crippen LogP contribution in [0, 0.1) is 0 Å². The zero-order valence-electron chi connectivity index (χ0n) is 17.8. The molecule has 0 bridgehead atoms. The number of hydrogen-bond acceptors (Lipinski definition) is 9. The van der Waals surface area contributed by atoms with Crippen molar-refractivity contribution in [3.8, 4) is 0 Å². The maximum atomic E-state index is 13.2. The standard InChI is InChI=1S/C19H24ClN7O4S/c1-11(17-21-8-15(20)9-22-17)13(3)32(28,29)26-19-24-23-18(14-4-6-30-10-14)27(19)12(2)16-5-7-31-25-16/h5,7-9,11-14H,4,6,10H2,1-3H3,(H,24,26)/t11?,12?,13?,14-/m1/s1. The van der Waals surface area contributed by atoms with Crippen LogP contribution in [-0.4, -0.2) is 56.8 Å². The van der Waals surface area contributed by atoms with Crippen LogP contribution in [0.2, 0.25) is 5.02 Å². The first-order valence-electron chi connectivity index (χ1n) is 10.2. The SMILES string of the molecule is CC(c1ncc(Cl)cn1)C(C)S(=O)(=O)Nc1nnc([C@@H]2CCOC2)n1C(C)c1ccon1. The predicted molar refractivity (Wildman–Crippen MR) is 116 cm³/mol. The first kappa shape index (κ1) is 22.6. The minimum Gasteiger partial charge on any atom is -0.381 e. The molecule has 1 saturated heterocycles. The molecule has 1 aliphatic heterocycles. The van der Waals surface area contributed by atoms with Gasteiger partial charge in [0.2, 0.25) is 16.0 Å². The number of ether oxygens (including phenoxy) is 1. The average Bonchev–Trinajstić information content (AvgIpc) is 3.54. The summed E-state index contributed by atoms with van der Waals surface area (Å²) in [5, 5.41) is 12.0. The number of nitrogens with one attached hydrogen (secondary N) is 1. The van der Waals surface area contributed by atoms with Gasteiger partial charge < -0.3 is 9.26 Å². The molecule has 3 aromatic rings. The fourth-order valence-corrected chi connectivity index (χ4v) is 4.93. The van der Waals surface area contributed by atoms with Gasteiger partial charge in [-0.1, -0.05) is 23.7 Å².